The van der Waals surface area contributed by atoms with Crippen molar-refractivity contribution in [3.05, 3.63) is 12.4 Å². The molecule has 0 radical (unpaired) electrons. The molecule has 0 bridgehead atoms. The third-order valence-electron chi connectivity index (χ3n) is 2.07. The average molecular weight is 223 g/mol. The van der Waals surface area contributed by atoms with E-state index in [9.17, 15) is 0 Å². The van der Waals surface area contributed by atoms with Crippen molar-refractivity contribution < 1.29 is 0 Å². The first-order valence-corrected chi connectivity index (χ1v) is 6.23. The molecule has 15 heavy (non-hydrogen) atoms. The Morgan fingerprint density at radius 1 is 1.60 bits per heavy atom. The van der Waals surface area contributed by atoms with E-state index in [4.69, 9.17) is 5.26 Å². The summed E-state index contributed by atoms with van der Waals surface area (Å²) in [6.07, 6.45) is 5.59. The fraction of sp³-hybridized carbons (Fsp3) is 0.636. The number of aryl methyl sites for hydroxylation is 1. The van der Waals surface area contributed by atoms with Crippen LogP contribution in [0.15, 0.2) is 17.6 Å². The second-order valence-electron chi connectivity index (χ2n) is 3.84. The molecule has 1 rings (SSSR count). The minimum absolute atomic E-state index is 0.585. The molecule has 0 amide bonds. The van der Waals surface area contributed by atoms with E-state index in [1.54, 1.807) is 11.8 Å². The van der Waals surface area contributed by atoms with Crippen molar-refractivity contribution >= 4 is 11.8 Å². The average Bonchev–Trinajstić information content (AvgIpc) is 2.63. The molecule has 0 aromatic carbocycles. The molecule has 82 valence electrons. The molecule has 0 N–H and O–H groups in total. The van der Waals surface area contributed by atoms with Gasteiger partial charge in [-0.2, -0.15) is 5.26 Å². The maximum absolute atomic E-state index is 8.45. The number of aromatic nitrogens is 2. The van der Waals surface area contributed by atoms with Gasteiger partial charge in [-0.25, -0.2) is 4.98 Å². The lowest BCUT2D eigenvalue weighted by atomic mass is 10.1. The van der Waals surface area contributed by atoms with Crippen LogP contribution in [0.5, 0.6) is 0 Å². The van der Waals surface area contributed by atoms with Crippen LogP contribution in [-0.4, -0.2) is 15.3 Å². The monoisotopic (exact) mass is 223 g/mol. The molecule has 0 unspecified atom stereocenters. The van der Waals surface area contributed by atoms with Crippen LogP contribution < -0.4 is 0 Å². The van der Waals surface area contributed by atoms with Crippen molar-refractivity contribution in [2.75, 3.05) is 5.75 Å². The summed E-state index contributed by atoms with van der Waals surface area (Å²) in [5.74, 6) is 1.54. The molecule has 0 spiro atoms. The van der Waals surface area contributed by atoms with Crippen molar-refractivity contribution in [1.29, 1.82) is 5.26 Å². The van der Waals surface area contributed by atoms with E-state index >= 15 is 0 Å². The fourth-order valence-electron chi connectivity index (χ4n) is 1.19. The maximum atomic E-state index is 8.45. The molecule has 0 aliphatic rings. The summed E-state index contributed by atoms with van der Waals surface area (Å²) in [5.41, 5.74) is 0. The summed E-state index contributed by atoms with van der Waals surface area (Å²) >= 11 is 1.66. The predicted octanol–water partition coefficient (Wildman–Crippen LogP) is 2.93. The Kier molecular flexibility index (Phi) is 5.27. The van der Waals surface area contributed by atoms with Crippen LogP contribution in [-0.2, 0) is 6.54 Å². The van der Waals surface area contributed by atoms with Crippen LogP contribution in [0.25, 0.3) is 0 Å². The molecule has 1 aromatic rings. The molecule has 1 heterocycles. The Morgan fingerprint density at radius 3 is 3.07 bits per heavy atom. The molecule has 0 atom stereocenters. The quantitative estimate of drug-likeness (QED) is 0.550. The highest BCUT2D eigenvalue weighted by atomic mass is 32.2. The lowest BCUT2D eigenvalue weighted by Gasteiger charge is -2.08. The van der Waals surface area contributed by atoms with Crippen LogP contribution >= 0.6 is 11.8 Å². The number of hydrogen-bond donors (Lipinski definition) is 0. The molecular formula is C11H17N3S. The Hall–Kier alpha value is -0.950. The van der Waals surface area contributed by atoms with Crippen molar-refractivity contribution in [3.63, 3.8) is 0 Å². The number of rotatable bonds is 6. The zero-order chi connectivity index (χ0) is 11.1. The first-order valence-electron chi connectivity index (χ1n) is 5.25. The Bertz CT molecular complexity index is 325. The Labute approximate surface area is 95.5 Å². The molecule has 0 saturated heterocycles. The van der Waals surface area contributed by atoms with Gasteiger partial charge in [-0.05, 0) is 12.3 Å². The zero-order valence-electron chi connectivity index (χ0n) is 9.31. The van der Waals surface area contributed by atoms with Crippen molar-refractivity contribution in [2.24, 2.45) is 5.92 Å². The molecule has 0 fully saturated rings. The highest BCUT2D eigenvalue weighted by molar-refractivity contribution is 7.99. The van der Waals surface area contributed by atoms with Crippen LogP contribution in [0.2, 0.25) is 0 Å². The van der Waals surface area contributed by atoms with Crippen molar-refractivity contribution in [1.82, 2.24) is 9.55 Å². The van der Waals surface area contributed by atoms with Gasteiger partial charge in [0.15, 0.2) is 5.16 Å². The zero-order valence-corrected chi connectivity index (χ0v) is 10.1. The van der Waals surface area contributed by atoms with E-state index in [1.165, 1.54) is 6.42 Å². The maximum Gasteiger partial charge on any atom is 0.167 e. The number of nitriles is 1. The highest BCUT2D eigenvalue weighted by Crippen LogP contribution is 2.17. The van der Waals surface area contributed by atoms with Gasteiger partial charge in [0.25, 0.3) is 0 Å². The van der Waals surface area contributed by atoms with E-state index < -0.39 is 0 Å². The fourth-order valence-corrected chi connectivity index (χ4v) is 2.02. The van der Waals surface area contributed by atoms with Crippen LogP contribution in [0.3, 0.4) is 0 Å². The van der Waals surface area contributed by atoms with Gasteiger partial charge in [0.2, 0.25) is 0 Å². The first kappa shape index (κ1) is 12.1. The normalized spacial score (nSPS) is 10.5. The smallest absolute Gasteiger partial charge is 0.167 e. The van der Waals surface area contributed by atoms with E-state index in [0.717, 1.165) is 17.5 Å². The number of nitrogens with zero attached hydrogens (tertiary/aromatic N) is 3. The summed E-state index contributed by atoms with van der Waals surface area (Å²) in [6, 6.07) is 2.14. The van der Waals surface area contributed by atoms with Gasteiger partial charge >= 0.3 is 0 Å². The van der Waals surface area contributed by atoms with Crippen LogP contribution in [0.1, 0.15) is 26.7 Å². The first-order chi connectivity index (χ1) is 7.24. The van der Waals surface area contributed by atoms with Gasteiger partial charge in [-0.3, -0.25) is 0 Å². The van der Waals surface area contributed by atoms with Gasteiger partial charge in [-0.15, -0.1) is 0 Å². The van der Waals surface area contributed by atoms with Gasteiger partial charge in [0.1, 0.15) is 0 Å². The SMILES string of the molecule is CC(C)CCn1ccnc1SCCC#N. The molecular weight excluding hydrogens is 206 g/mol. The largest absolute Gasteiger partial charge is 0.326 e. The molecule has 1 aromatic heterocycles. The summed E-state index contributed by atoms with van der Waals surface area (Å²) in [6.45, 7) is 5.46. The summed E-state index contributed by atoms with van der Waals surface area (Å²) in [4.78, 5) is 4.28. The lowest BCUT2D eigenvalue weighted by Crippen LogP contribution is -2.02. The standard InChI is InChI=1S/C11H17N3S/c1-10(2)4-7-14-8-6-13-11(14)15-9-3-5-12/h6,8,10H,3-4,7,9H2,1-2H3. The molecule has 0 aliphatic carbocycles. The third-order valence-corrected chi connectivity index (χ3v) is 3.08. The molecule has 0 aliphatic heterocycles. The summed E-state index contributed by atoms with van der Waals surface area (Å²) in [5, 5.41) is 9.48. The number of thioether (sulfide) groups is 1. The van der Waals surface area contributed by atoms with Crippen molar-refractivity contribution in [3.8, 4) is 6.07 Å². The lowest BCUT2D eigenvalue weighted by molar-refractivity contribution is 0.496. The number of imidazole rings is 1. The van der Waals surface area contributed by atoms with Gasteiger partial charge in [0.05, 0.1) is 6.07 Å². The topological polar surface area (TPSA) is 41.6 Å². The highest BCUT2D eigenvalue weighted by Gasteiger charge is 2.03. The molecule has 0 saturated carbocycles. The number of hydrogen-bond acceptors (Lipinski definition) is 3. The van der Waals surface area contributed by atoms with E-state index in [0.29, 0.717) is 12.3 Å². The summed E-state index contributed by atoms with van der Waals surface area (Å²) < 4.78 is 2.17. The predicted molar refractivity (Wildman–Crippen MR) is 62.6 cm³/mol. The van der Waals surface area contributed by atoms with E-state index in [1.807, 2.05) is 12.4 Å². The molecule has 4 heteroatoms. The Morgan fingerprint density at radius 2 is 2.40 bits per heavy atom. The van der Waals surface area contributed by atoms with Gasteiger partial charge in [0, 0.05) is 31.1 Å². The Balaban J connectivity index is 2.43. The van der Waals surface area contributed by atoms with E-state index in [2.05, 4.69) is 29.5 Å². The summed E-state index contributed by atoms with van der Waals surface area (Å²) in [7, 11) is 0. The third kappa shape index (κ3) is 4.39. The second kappa shape index (κ2) is 6.52. The van der Waals surface area contributed by atoms with Crippen LogP contribution in [0, 0.1) is 17.2 Å². The van der Waals surface area contributed by atoms with E-state index in [-0.39, 0.29) is 0 Å². The second-order valence-corrected chi connectivity index (χ2v) is 4.90. The van der Waals surface area contributed by atoms with Crippen molar-refractivity contribution in [2.45, 2.75) is 38.4 Å². The van der Waals surface area contributed by atoms with Crippen LogP contribution in [0.4, 0.5) is 0 Å². The van der Waals surface area contributed by atoms with Gasteiger partial charge in [-0.1, -0.05) is 25.6 Å². The van der Waals surface area contributed by atoms with Gasteiger partial charge < -0.3 is 4.57 Å². The minimum atomic E-state index is 0.585. The molecule has 3 nitrogen and oxygen atoms in total. The minimum Gasteiger partial charge on any atom is -0.326 e.